The highest BCUT2D eigenvalue weighted by Gasteiger charge is 2.34. The van der Waals surface area contributed by atoms with Gasteiger partial charge in [-0.15, -0.1) is 0 Å². The van der Waals surface area contributed by atoms with Crippen molar-refractivity contribution in [1.82, 2.24) is 0 Å². The Hall–Kier alpha value is -1.58. The monoisotopic (exact) mass is 294 g/mol. The summed E-state index contributed by atoms with van der Waals surface area (Å²) >= 11 is 0. The Morgan fingerprint density at radius 3 is 2.14 bits per heavy atom. The fourth-order valence-corrected chi connectivity index (χ4v) is 2.52. The summed E-state index contributed by atoms with van der Waals surface area (Å²) in [5.74, 6) is -0.816. The lowest BCUT2D eigenvalue weighted by Crippen LogP contribution is -2.22. The van der Waals surface area contributed by atoms with E-state index in [0.717, 1.165) is 6.42 Å². The van der Waals surface area contributed by atoms with Gasteiger partial charge in [0.25, 0.3) is 0 Å². The molecule has 0 N–H and O–H groups in total. The van der Waals surface area contributed by atoms with Gasteiger partial charge in [0, 0.05) is 0 Å². The molecular formula is C17H26O4. The minimum Gasteiger partial charge on any atom is -0.462 e. The van der Waals surface area contributed by atoms with Crippen LogP contribution in [-0.4, -0.2) is 25.2 Å². The summed E-state index contributed by atoms with van der Waals surface area (Å²) in [6.45, 7) is 10.4. The second-order valence-electron chi connectivity index (χ2n) is 5.84. The molecule has 0 saturated carbocycles. The molecule has 0 aliphatic heterocycles. The molecule has 4 heteroatoms. The van der Waals surface area contributed by atoms with Crippen molar-refractivity contribution in [3.63, 3.8) is 0 Å². The first-order valence-electron chi connectivity index (χ1n) is 7.56. The van der Waals surface area contributed by atoms with Crippen LogP contribution >= 0.6 is 0 Å². The van der Waals surface area contributed by atoms with Crippen LogP contribution < -0.4 is 0 Å². The molecule has 1 aliphatic carbocycles. The highest BCUT2D eigenvalue weighted by atomic mass is 16.6. The van der Waals surface area contributed by atoms with Crippen LogP contribution in [0.25, 0.3) is 0 Å². The van der Waals surface area contributed by atoms with Crippen LogP contribution in [0.1, 0.15) is 47.5 Å². The van der Waals surface area contributed by atoms with Crippen LogP contribution in [0.3, 0.4) is 0 Å². The van der Waals surface area contributed by atoms with Gasteiger partial charge in [0.15, 0.2) is 0 Å². The molecule has 21 heavy (non-hydrogen) atoms. The van der Waals surface area contributed by atoms with Crippen LogP contribution in [0.2, 0.25) is 0 Å². The van der Waals surface area contributed by atoms with E-state index in [1.807, 2.05) is 0 Å². The van der Waals surface area contributed by atoms with E-state index in [0.29, 0.717) is 12.3 Å². The van der Waals surface area contributed by atoms with E-state index < -0.39 is 11.9 Å². The zero-order valence-corrected chi connectivity index (χ0v) is 13.7. The number of rotatable bonds is 6. The van der Waals surface area contributed by atoms with Crippen molar-refractivity contribution in [1.29, 1.82) is 0 Å². The molecule has 0 radical (unpaired) electrons. The number of carbonyl (C=O) groups excluding carboxylic acids is 2. The Labute approximate surface area is 127 Å². The van der Waals surface area contributed by atoms with Gasteiger partial charge in [-0.1, -0.05) is 31.6 Å². The quantitative estimate of drug-likeness (QED) is 0.248. The van der Waals surface area contributed by atoms with Gasteiger partial charge in [-0.25, -0.2) is 9.59 Å². The zero-order chi connectivity index (χ0) is 16.0. The van der Waals surface area contributed by atoms with Crippen LogP contribution in [0.5, 0.6) is 0 Å². The normalized spacial score (nSPS) is 19.7. The SMILES string of the molecule is CCOC(=O)C(=CCC1CC=C(C)C1(C)C)C(=O)OCC. The van der Waals surface area contributed by atoms with Gasteiger partial charge in [-0.3, -0.25) is 0 Å². The van der Waals surface area contributed by atoms with E-state index in [-0.39, 0.29) is 24.2 Å². The van der Waals surface area contributed by atoms with Crippen LogP contribution in [0.4, 0.5) is 0 Å². The van der Waals surface area contributed by atoms with Gasteiger partial charge in [-0.05, 0) is 44.9 Å². The third-order valence-electron chi connectivity index (χ3n) is 4.34. The zero-order valence-electron chi connectivity index (χ0n) is 13.7. The fraction of sp³-hybridized carbons (Fsp3) is 0.647. The second kappa shape index (κ2) is 7.43. The molecule has 1 aliphatic rings. The Balaban J connectivity index is 2.84. The second-order valence-corrected chi connectivity index (χ2v) is 5.84. The molecule has 0 aromatic rings. The molecule has 0 spiro atoms. The molecule has 0 bridgehead atoms. The number of ether oxygens (including phenoxy) is 2. The van der Waals surface area contributed by atoms with Crippen molar-refractivity contribution in [2.75, 3.05) is 13.2 Å². The molecule has 118 valence electrons. The lowest BCUT2D eigenvalue weighted by atomic mass is 9.76. The molecule has 1 atom stereocenters. The molecule has 1 rings (SSSR count). The van der Waals surface area contributed by atoms with Gasteiger partial charge in [0.1, 0.15) is 5.57 Å². The third-order valence-corrected chi connectivity index (χ3v) is 4.34. The lowest BCUT2D eigenvalue weighted by Gasteiger charge is -2.29. The molecule has 0 heterocycles. The standard InChI is InChI=1S/C17H26O4/c1-6-20-15(18)14(16(19)21-7-2)11-10-13-9-8-12(3)17(13,4)5/h8,11,13H,6-7,9-10H2,1-5H3. The van der Waals surface area contributed by atoms with Crippen molar-refractivity contribution in [2.24, 2.45) is 11.3 Å². The van der Waals surface area contributed by atoms with Crippen LogP contribution in [0, 0.1) is 11.3 Å². The van der Waals surface area contributed by atoms with Gasteiger partial charge in [0.05, 0.1) is 13.2 Å². The predicted molar refractivity (Wildman–Crippen MR) is 81.6 cm³/mol. The summed E-state index contributed by atoms with van der Waals surface area (Å²) in [4.78, 5) is 23.8. The van der Waals surface area contributed by atoms with E-state index in [4.69, 9.17) is 9.47 Å². The molecular weight excluding hydrogens is 268 g/mol. The molecule has 4 nitrogen and oxygen atoms in total. The average Bonchev–Trinajstić information content (AvgIpc) is 2.66. The van der Waals surface area contributed by atoms with Crippen molar-refractivity contribution in [3.05, 3.63) is 23.3 Å². The maximum atomic E-state index is 11.9. The Bertz CT molecular complexity index is 437. The first kappa shape index (κ1) is 17.5. The Kier molecular flexibility index (Phi) is 6.19. The van der Waals surface area contributed by atoms with E-state index in [1.54, 1.807) is 19.9 Å². The van der Waals surface area contributed by atoms with Crippen molar-refractivity contribution < 1.29 is 19.1 Å². The fourth-order valence-electron chi connectivity index (χ4n) is 2.52. The van der Waals surface area contributed by atoms with E-state index in [1.165, 1.54) is 5.57 Å². The van der Waals surface area contributed by atoms with E-state index in [9.17, 15) is 9.59 Å². The largest absolute Gasteiger partial charge is 0.462 e. The van der Waals surface area contributed by atoms with Crippen molar-refractivity contribution >= 4 is 11.9 Å². The number of esters is 2. The first-order valence-corrected chi connectivity index (χ1v) is 7.56. The van der Waals surface area contributed by atoms with Crippen LogP contribution in [0.15, 0.2) is 23.3 Å². The highest BCUT2D eigenvalue weighted by molar-refractivity contribution is 6.14. The summed E-state index contributed by atoms with van der Waals surface area (Å²) in [7, 11) is 0. The Morgan fingerprint density at radius 2 is 1.76 bits per heavy atom. The number of allylic oxidation sites excluding steroid dienone is 3. The van der Waals surface area contributed by atoms with Crippen molar-refractivity contribution in [3.8, 4) is 0 Å². The third kappa shape index (κ3) is 4.19. The minimum absolute atomic E-state index is 0.0130. The topological polar surface area (TPSA) is 52.6 Å². The maximum absolute atomic E-state index is 11.9. The van der Waals surface area contributed by atoms with Gasteiger partial charge in [-0.2, -0.15) is 0 Å². The molecule has 0 aromatic heterocycles. The lowest BCUT2D eigenvalue weighted by molar-refractivity contribution is -0.146. The summed E-state index contributed by atoms with van der Waals surface area (Å²) in [5.41, 5.74) is 1.46. The average molecular weight is 294 g/mol. The van der Waals surface area contributed by atoms with Gasteiger partial charge >= 0.3 is 11.9 Å². The smallest absolute Gasteiger partial charge is 0.345 e. The summed E-state index contributed by atoms with van der Waals surface area (Å²) in [6, 6.07) is 0. The Morgan fingerprint density at radius 1 is 1.24 bits per heavy atom. The maximum Gasteiger partial charge on any atom is 0.345 e. The number of hydrogen-bond donors (Lipinski definition) is 0. The number of hydrogen-bond acceptors (Lipinski definition) is 4. The predicted octanol–water partition coefficient (Wildman–Crippen LogP) is 3.42. The molecule has 0 saturated heterocycles. The summed E-state index contributed by atoms with van der Waals surface area (Å²) in [6.07, 6.45) is 5.53. The van der Waals surface area contributed by atoms with E-state index >= 15 is 0 Å². The van der Waals surface area contributed by atoms with E-state index in [2.05, 4.69) is 26.8 Å². The summed E-state index contributed by atoms with van der Waals surface area (Å²) in [5, 5.41) is 0. The molecule has 0 fully saturated rings. The molecule has 1 unspecified atom stereocenters. The first-order chi connectivity index (χ1) is 9.84. The minimum atomic E-state index is -0.601. The summed E-state index contributed by atoms with van der Waals surface area (Å²) < 4.78 is 9.88. The van der Waals surface area contributed by atoms with Crippen LogP contribution in [-0.2, 0) is 19.1 Å². The molecule has 0 amide bonds. The molecule has 0 aromatic carbocycles. The van der Waals surface area contributed by atoms with Crippen molar-refractivity contribution in [2.45, 2.75) is 47.5 Å². The highest BCUT2D eigenvalue weighted by Crippen LogP contribution is 2.44. The van der Waals surface area contributed by atoms with Gasteiger partial charge in [0.2, 0.25) is 0 Å². The number of carbonyl (C=O) groups is 2. The van der Waals surface area contributed by atoms with Gasteiger partial charge < -0.3 is 9.47 Å².